The average Bonchev–Trinajstić information content (AvgIpc) is 2.92. The molecule has 1 aromatic heterocycles. The summed E-state index contributed by atoms with van der Waals surface area (Å²) in [6, 6.07) is 0. The molecule has 1 aliphatic rings. The van der Waals surface area contributed by atoms with Crippen LogP contribution in [-0.2, 0) is 16.1 Å². The third-order valence-electron chi connectivity index (χ3n) is 4.44. The first-order valence-electron chi connectivity index (χ1n) is 8.94. The van der Waals surface area contributed by atoms with E-state index in [0.29, 0.717) is 13.2 Å². The second kappa shape index (κ2) is 9.28. The predicted octanol–water partition coefficient (Wildman–Crippen LogP) is 0.230. The number of aryl methyl sites for hydroxylation is 2. The molecule has 0 saturated carbocycles. The Hall–Kier alpha value is -1.48. The Kier molecular flexibility index (Phi) is 7.37. The van der Waals surface area contributed by atoms with Gasteiger partial charge in [-0.3, -0.25) is 14.4 Å². The lowest BCUT2D eigenvalue weighted by Gasteiger charge is -2.35. The van der Waals surface area contributed by atoms with E-state index in [4.69, 9.17) is 4.74 Å². The van der Waals surface area contributed by atoms with Crippen molar-refractivity contribution in [2.24, 2.45) is 5.92 Å². The van der Waals surface area contributed by atoms with E-state index in [1.165, 1.54) is 0 Å². The molecule has 142 valence electrons. The molecule has 2 rings (SSSR count). The number of nitrogens with one attached hydrogen (secondary N) is 1. The molecule has 25 heavy (non-hydrogen) atoms. The van der Waals surface area contributed by atoms with Crippen LogP contribution in [0.4, 0.5) is 5.69 Å². The van der Waals surface area contributed by atoms with E-state index < -0.39 is 12.2 Å². The number of ether oxygens (including phenoxy) is 1. The van der Waals surface area contributed by atoms with Gasteiger partial charge in [0.05, 0.1) is 37.2 Å². The minimum Gasteiger partial charge on any atom is -0.390 e. The van der Waals surface area contributed by atoms with Crippen molar-refractivity contribution in [1.82, 2.24) is 14.7 Å². The van der Waals surface area contributed by atoms with Gasteiger partial charge in [-0.25, -0.2) is 0 Å². The molecule has 1 aliphatic heterocycles. The van der Waals surface area contributed by atoms with Gasteiger partial charge < -0.3 is 20.3 Å². The predicted molar refractivity (Wildman–Crippen MR) is 94.3 cm³/mol. The fourth-order valence-electron chi connectivity index (χ4n) is 3.09. The lowest BCUT2D eigenvalue weighted by molar-refractivity contribution is -0.129. The zero-order valence-corrected chi connectivity index (χ0v) is 15.3. The van der Waals surface area contributed by atoms with Crippen LogP contribution in [0.5, 0.6) is 0 Å². The van der Waals surface area contributed by atoms with Crippen LogP contribution in [-0.4, -0.2) is 75.9 Å². The summed E-state index contributed by atoms with van der Waals surface area (Å²) < 4.78 is 7.11. The summed E-state index contributed by atoms with van der Waals surface area (Å²) in [5.41, 5.74) is 1.51. The van der Waals surface area contributed by atoms with Crippen LogP contribution in [0, 0.1) is 12.8 Å². The monoisotopic (exact) mass is 354 g/mol. The number of aromatic nitrogens is 2. The summed E-state index contributed by atoms with van der Waals surface area (Å²) in [6.45, 7) is 8.67. The smallest absolute Gasteiger partial charge is 0.238 e. The summed E-state index contributed by atoms with van der Waals surface area (Å²) in [5, 5.41) is 27.1. The minimum atomic E-state index is -0.862. The minimum absolute atomic E-state index is 0.112. The molecule has 3 atom stereocenters. The standard InChI is InChI=1S/C17H30N4O4/c1-4-6-20(7-13-10-25-11-15(22)17(13)24)9-16(23)18-14-8-21(5-2)19-12(14)3/h8,13,15,17,22,24H,4-7,9-11H2,1-3H3,(H,18,23)/t13-,15-,17+/m1/s1. The quantitative estimate of drug-likeness (QED) is 0.618. The van der Waals surface area contributed by atoms with E-state index >= 15 is 0 Å². The molecule has 0 aromatic carbocycles. The first-order chi connectivity index (χ1) is 11.9. The van der Waals surface area contributed by atoms with Crippen LogP contribution in [0.1, 0.15) is 26.0 Å². The van der Waals surface area contributed by atoms with Crippen molar-refractivity contribution in [3.8, 4) is 0 Å². The van der Waals surface area contributed by atoms with Gasteiger partial charge in [0.25, 0.3) is 0 Å². The van der Waals surface area contributed by atoms with Gasteiger partial charge in [0.15, 0.2) is 0 Å². The topological polar surface area (TPSA) is 99.9 Å². The van der Waals surface area contributed by atoms with Crippen LogP contribution in [0.25, 0.3) is 0 Å². The number of rotatable bonds is 8. The molecule has 1 amide bonds. The molecule has 1 saturated heterocycles. The number of aliphatic hydroxyl groups excluding tert-OH is 2. The molecule has 0 unspecified atom stereocenters. The van der Waals surface area contributed by atoms with Crippen LogP contribution in [0.3, 0.4) is 0 Å². The van der Waals surface area contributed by atoms with Crippen LogP contribution < -0.4 is 5.32 Å². The first-order valence-corrected chi connectivity index (χ1v) is 8.94. The van der Waals surface area contributed by atoms with Gasteiger partial charge in [0.1, 0.15) is 6.10 Å². The zero-order valence-electron chi connectivity index (χ0n) is 15.3. The molecular weight excluding hydrogens is 324 g/mol. The Labute approximate surface area is 148 Å². The molecule has 0 aliphatic carbocycles. The lowest BCUT2D eigenvalue weighted by Crippen LogP contribution is -2.49. The molecule has 3 N–H and O–H groups in total. The zero-order chi connectivity index (χ0) is 18.4. The summed E-state index contributed by atoms with van der Waals surface area (Å²) in [5.74, 6) is -0.313. The fourth-order valence-corrected chi connectivity index (χ4v) is 3.09. The molecule has 0 spiro atoms. The van der Waals surface area contributed by atoms with Crippen molar-refractivity contribution in [2.45, 2.75) is 45.9 Å². The van der Waals surface area contributed by atoms with E-state index in [0.717, 1.165) is 30.9 Å². The molecule has 0 radical (unpaired) electrons. The van der Waals surface area contributed by atoms with Gasteiger partial charge in [-0.15, -0.1) is 0 Å². The molecule has 1 fully saturated rings. The first kappa shape index (κ1) is 19.8. The number of amides is 1. The lowest BCUT2D eigenvalue weighted by atomic mass is 9.96. The number of anilines is 1. The van der Waals surface area contributed by atoms with E-state index in [1.807, 2.05) is 31.9 Å². The van der Waals surface area contributed by atoms with E-state index in [-0.39, 0.29) is 25.0 Å². The van der Waals surface area contributed by atoms with Crippen LogP contribution >= 0.6 is 0 Å². The normalized spacial score (nSPS) is 23.8. The number of carbonyl (C=O) groups is 1. The van der Waals surface area contributed by atoms with Crippen molar-refractivity contribution in [2.75, 3.05) is 38.2 Å². The highest BCUT2D eigenvalue weighted by Gasteiger charge is 2.32. The number of hydrogen-bond donors (Lipinski definition) is 3. The summed E-state index contributed by atoms with van der Waals surface area (Å²) in [4.78, 5) is 14.4. The summed E-state index contributed by atoms with van der Waals surface area (Å²) in [7, 11) is 0. The maximum Gasteiger partial charge on any atom is 0.238 e. The molecule has 1 aromatic rings. The largest absolute Gasteiger partial charge is 0.390 e. The Morgan fingerprint density at radius 2 is 2.20 bits per heavy atom. The highest BCUT2D eigenvalue weighted by atomic mass is 16.5. The molecule has 8 heteroatoms. The van der Waals surface area contributed by atoms with Gasteiger partial charge in [0.2, 0.25) is 5.91 Å². The number of nitrogens with zero attached hydrogens (tertiary/aromatic N) is 3. The van der Waals surface area contributed by atoms with E-state index in [9.17, 15) is 15.0 Å². The van der Waals surface area contributed by atoms with Gasteiger partial charge in [-0.05, 0) is 26.8 Å². The second-order valence-electron chi connectivity index (χ2n) is 6.62. The Balaban J connectivity index is 1.93. The highest BCUT2D eigenvalue weighted by Crippen LogP contribution is 2.17. The highest BCUT2D eigenvalue weighted by molar-refractivity contribution is 5.92. The van der Waals surface area contributed by atoms with E-state index in [2.05, 4.69) is 10.4 Å². The molecule has 0 bridgehead atoms. The summed E-state index contributed by atoms with van der Waals surface area (Å²) in [6.07, 6.45) is 1.04. The van der Waals surface area contributed by atoms with Gasteiger partial charge in [-0.2, -0.15) is 5.10 Å². The molecule has 2 heterocycles. The van der Waals surface area contributed by atoms with Crippen molar-refractivity contribution >= 4 is 11.6 Å². The average molecular weight is 354 g/mol. The second-order valence-corrected chi connectivity index (χ2v) is 6.62. The number of carbonyl (C=O) groups excluding carboxylic acids is 1. The molecule has 8 nitrogen and oxygen atoms in total. The SMILES string of the molecule is CCCN(CC(=O)Nc1cn(CC)nc1C)C[C@@H]1COC[C@@H](O)[C@H]1O. The molecular formula is C17H30N4O4. The third-order valence-corrected chi connectivity index (χ3v) is 4.44. The van der Waals surface area contributed by atoms with Crippen molar-refractivity contribution in [1.29, 1.82) is 0 Å². The van der Waals surface area contributed by atoms with Gasteiger partial charge in [0, 0.05) is 25.2 Å². The Morgan fingerprint density at radius 3 is 2.84 bits per heavy atom. The third kappa shape index (κ3) is 5.50. The Morgan fingerprint density at radius 1 is 1.44 bits per heavy atom. The van der Waals surface area contributed by atoms with Crippen molar-refractivity contribution in [3.63, 3.8) is 0 Å². The number of hydrogen-bond acceptors (Lipinski definition) is 6. The van der Waals surface area contributed by atoms with Crippen molar-refractivity contribution in [3.05, 3.63) is 11.9 Å². The summed E-state index contributed by atoms with van der Waals surface area (Å²) >= 11 is 0. The number of aliphatic hydroxyl groups is 2. The van der Waals surface area contributed by atoms with Crippen molar-refractivity contribution < 1.29 is 19.7 Å². The van der Waals surface area contributed by atoms with Gasteiger partial charge >= 0.3 is 0 Å². The maximum atomic E-state index is 12.4. The van der Waals surface area contributed by atoms with Crippen LogP contribution in [0.2, 0.25) is 0 Å². The van der Waals surface area contributed by atoms with Crippen LogP contribution in [0.15, 0.2) is 6.20 Å². The Bertz CT molecular complexity index is 563. The van der Waals surface area contributed by atoms with E-state index in [1.54, 1.807) is 4.68 Å². The fraction of sp³-hybridized carbons (Fsp3) is 0.765. The van der Waals surface area contributed by atoms with Gasteiger partial charge in [-0.1, -0.05) is 6.92 Å². The maximum absolute atomic E-state index is 12.4.